The molecule has 0 bridgehead atoms. The third-order valence-corrected chi connectivity index (χ3v) is 12.9. The van der Waals surface area contributed by atoms with Gasteiger partial charge in [0.05, 0.1) is 23.7 Å². The van der Waals surface area contributed by atoms with E-state index in [1.807, 2.05) is 116 Å². The van der Waals surface area contributed by atoms with Gasteiger partial charge < -0.3 is 19.9 Å². The van der Waals surface area contributed by atoms with Gasteiger partial charge in [0, 0.05) is 37.7 Å². The molecule has 1 aliphatic carbocycles. The van der Waals surface area contributed by atoms with Crippen molar-refractivity contribution in [2.24, 2.45) is 0 Å². The van der Waals surface area contributed by atoms with Crippen LogP contribution >= 0.6 is 0 Å². The normalized spacial score (nSPS) is 19.1. The summed E-state index contributed by atoms with van der Waals surface area (Å²) in [6.07, 6.45) is 6.95. The van der Waals surface area contributed by atoms with Crippen LogP contribution in [-0.4, -0.2) is 55.6 Å². The fraction of sp³-hybridized carbons (Fsp3) is 0.327. The Hall–Kier alpha value is -4.94. The number of ether oxygens (including phenoxy) is 2. The maximum atomic E-state index is 13.8. The minimum atomic E-state index is -3.97. The minimum absolute atomic E-state index is 0.00917. The van der Waals surface area contributed by atoms with Gasteiger partial charge in [0.1, 0.15) is 6.04 Å². The van der Waals surface area contributed by atoms with Crippen LogP contribution in [0.1, 0.15) is 77.9 Å². The van der Waals surface area contributed by atoms with E-state index in [1.54, 1.807) is 24.3 Å². The molecule has 308 valence electrons. The average Bonchev–Trinajstić information content (AvgIpc) is 3.81. The molecule has 1 aliphatic heterocycles. The van der Waals surface area contributed by atoms with Crippen molar-refractivity contribution in [3.63, 3.8) is 0 Å². The van der Waals surface area contributed by atoms with Gasteiger partial charge in [-0.3, -0.25) is 9.69 Å². The fourth-order valence-electron chi connectivity index (χ4n) is 8.19. The quantitative estimate of drug-likeness (QED) is 0.0809. The number of rotatable bonds is 17. The average molecular weight is 814 g/mol. The molecule has 5 aromatic carbocycles. The molecule has 0 spiro atoms. The second kappa shape index (κ2) is 19.9. The lowest BCUT2D eigenvalue weighted by Gasteiger charge is -2.39. The zero-order valence-electron chi connectivity index (χ0n) is 33.7. The van der Waals surface area contributed by atoms with E-state index >= 15 is 0 Å². The van der Waals surface area contributed by atoms with Crippen molar-refractivity contribution in [2.75, 3.05) is 13.1 Å². The molecule has 2 fully saturated rings. The van der Waals surface area contributed by atoms with Crippen molar-refractivity contribution in [3.8, 4) is 11.1 Å². The lowest BCUT2D eigenvalue weighted by Crippen LogP contribution is -2.47. The van der Waals surface area contributed by atoms with Gasteiger partial charge in [-0.05, 0) is 71.7 Å². The van der Waals surface area contributed by atoms with Crippen LogP contribution in [0, 0.1) is 6.92 Å². The predicted octanol–water partition coefficient (Wildman–Crippen LogP) is 8.34. The molecule has 0 radical (unpaired) electrons. The van der Waals surface area contributed by atoms with Gasteiger partial charge in [-0.15, -0.1) is 6.58 Å². The Balaban J connectivity index is 1.07. The summed E-state index contributed by atoms with van der Waals surface area (Å²) in [4.78, 5) is 16.5. The first-order valence-corrected chi connectivity index (χ1v) is 22.1. The van der Waals surface area contributed by atoms with E-state index in [0.717, 1.165) is 57.6 Å². The summed E-state index contributed by atoms with van der Waals surface area (Å²) in [5, 5.41) is 12.7. The van der Waals surface area contributed by atoms with Crippen LogP contribution in [0.15, 0.2) is 145 Å². The van der Waals surface area contributed by atoms with Gasteiger partial charge in [0.25, 0.3) is 0 Å². The number of aliphatic hydroxyl groups is 1. The maximum Gasteiger partial charge on any atom is 0.241 e. The topological polar surface area (TPSA) is 117 Å². The van der Waals surface area contributed by atoms with Crippen molar-refractivity contribution < 1.29 is 27.8 Å². The van der Waals surface area contributed by atoms with E-state index in [-0.39, 0.29) is 36.7 Å². The first-order valence-electron chi connectivity index (χ1n) is 20.6. The van der Waals surface area contributed by atoms with Crippen molar-refractivity contribution >= 4 is 15.9 Å². The largest absolute Gasteiger partial charge is 0.392 e. The summed E-state index contributed by atoms with van der Waals surface area (Å²) in [5.74, 6) is -0.420. The zero-order valence-corrected chi connectivity index (χ0v) is 34.5. The Bertz CT molecular complexity index is 2240. The highest BCUT2D eigenvalue weighted by Crippen LogP contribution is 2.39. The summed E-state index contributed by atoms with van der Waals surface area (Å²) in [5.41, 5.74) is 7.39. The molecule has 5 aromatic rings. The molecule has 4 atom stereocenters. The number of benzene rings is 5. The van der Waals surface area contributed by atoms with Gasteiger partial charge in [0.15, 0.2) is 6.29 Å². The van der Waals surface area contributed by atoms with E-state index in [4.69, 9.17) is 9.47 Å². The Morgan fingerprint density at radius 3 is 2.22 bits per heavy atom. The van der Waals surface area contributed by atoms with E-state index in [0.29, 0.717) is 12.5 Å². The van der Waals surface area contributed by atoms with Crippen LogP contribution in [0.25, 0.3) is 11.1 Å². The van der Waals surface area contributed by atoms with Crippen molar-refractivity contribution in [3.05, 3.63) is 173 Å². The molecule has 1 saturated heterocycles. The first-order chi connectivity index (χ1) is 28.7. The fourth-order valence-corrected chi connectivity index (χ4v) is 9.39. The highest BCUT2D eigenvalue weighted by atomic mass is 32.2. The molecular formula is C49H55N3O6S. The maximum absolute atomic E-state index is 13.8. The highest BCUT2D eigenvalue weighted by Gasteiger charge is 2.35. The third kappa shape index (κ3) is 11.0. The Labute approximate surface area is 349 Å². The molecule has 1 amide bonds. The molecule has 1 saturated carbocycles. The van der Waals surface area contributed by atoms with Crippen LogP contribution < -0.4 is 10.0 Å². The summed E-state index contributed by atoms with van der Waals surface area (Å²) in [6.45, 7) is 7.73. The Kier molecular flexibility index (Phi) is 14.2. The Morgan fingerprint density at radius 2 is 1.53 bits per heavy atom. The molecular weight excluding hydrogens is 759 g/mol. The standard InChI is InChI=1S/C49H55N3O6S/c1-3-29-52(42-14-8-9-15-42)33-43-31-47(39-21-19-37(34-53)20-22-39)58-49(57-43)40-25-23-38(24-26-40)45-16-10-7-13-41(45)32-50-48(54)46(30-36-11-5-4-6-12-36)51-59(55,56)44-27-17-35(2)18-28-44/h3-7,10-13,16-28,42-43,46-47,49,51,53H,1,8-9,14-15,29-34H2,2H3,(H,50,54)/t43-,46-,47+,49+/m1/s1. The lowest BCUT2D eigenvalue weighted by atomic mass is 9.97. The number of nitrogens with zero attached hydrogens (tertiary/aromatic N) is 1. The summed E-state index contributed by atoms with van der Waals surface area (Å²) in [6, 6.07) is 39.5. The van der Waals surface area contributed by atoms with E-state index in [2.05, 4.69) is 21.5 Å². The Morgan fingerprint density at radius 1 is 0.847 bits per heavy atom. The lowest BCUT2D eigenvalue weighted by molar-refractivity contribution is -0.253. The molecule has 59 heavy (non-hydrogen) atoms. The van der Waals surface area contributed by atoms with Crippen LogP contribution in [0.3, 0.4) is 0 Å². The van der Waals surface area contributed by atoms with Crippen molar-refractivity contribution in [1.82, 2.24) is 14.9 Å². The molecule has 0 unspecified atom stereocenters. The van der Waals surface area contributed by atoms with Crippen LogP contribution in [-0.2, 0) is 43.9 Å². The van der Waals surface area contributed by atoms with Crippen LogP contribution in [0.4, 0.5) is 0 Å². The summed E-state index contributed by atoms with van der Waals surface area (Å²) < 4.78 is 43.0. The van der Waals surface area contributed by atoms with Gasteiger partial charge in [0.2, 0.25) is 15.9 Å². The molecule has 7 rings (SSSR count). The number of amides is 1. The van der Waals surface area contributed by atoms with Gasteiger partial charge in [-0.2, -0.15) is 4.72 Å². The summed E-state index contributed by atoms with van der Waals surface area (Å²) in [7, 11) is -3.97. The number of aliphatic hydroxyl groups excluding tert-OH is 1. The number of carbonyl (C=O) groups is 1. The molecule has 9 nitrogen and oxygen atoms in total. The number of hydrogen-bond donors (Lipinski definition) is 3. The monoisotopic (exact) mass is 813 g/mol. The van der Waals surface area contributed by atoms with Gasteiger partial charge in [-0.1, -0.05) is 140 Å². The van der Waals surface area contributed by atoms with E-state index in [9.17, 15) is 18.3 Å². The second-order valence-electron chi connectivity index (χ2n) is 15.7. The number of aryl methyl sites for hydroxylation is 1. The third-order valence-electron chi connectivity index (χ3n) is 11.4. The highest BCUT2D eigenvalue weighted by molar-refractivity contribution is 7.89. The first kappa shape index (κ1) is 42.2. The number of hydrogen-bond acceptors (Lipinski definition) is 7. The molecule has 10 heteroatoms. The molecule has 1 heterocycles. The van der Waals surface area contributed by atoms with Crippen LogP contribution in [0.2, 0.25) is 0 Å². The SMILES string of the molecule is C=CCN(C[C@H]1C[C@@H](c2ccc(CO)cc2)O[C@@H](c2ccc(-c3ccccc3CNC(=O)[C@@H](Cc3ccccc3)NS(=O)(=O)c3ccc(C)cc3)cc2)O1)C1CCCC1. The van der Waals surface area contributed by atoms with Crippen LogP contribution in [0.5, 0.6) is 0 Å². The number of carbonyl (C=O) groups excluding carboxylic acids is 1. The van der Waals surface area contributed by atoms with E-state index < -0.39 is 28.3 Å². The van der Waals surface area contributed by atoms with Crippen molar-refractivity contribution in [2.45, 2.75) is 94.1 Å². The molecule has 2 aliphatic rings. The second-order valence-corrected chi connectivity index (χ2v) is 17.4. The smallest absolute Gasteiger partial charge is 0.241 e. The van der Waals surface area contributed by atoms with Gasteiger partial charge in [-0.25, -0.2) is 8.42 Å². The summed E-state index contributed by atoms with van der Waals surface area (Å²) >= 11 is 0. The minimum Gasteiger partial charge on any atom is -0.392 e. The zero-order chi connectivity index (χ0) is 41.2. The molecule has 0 aromatic heterocycles. The number of nitrogens with one attached hydrogen (secondary N) is 2. The molecule has 3 N–H and O–H groups in total. The van der Waals surface area contributed by atoms with Crippen molar-refractivity contribution in [1.29, 1.82) is 0 Å². The predicted molar refractivity (Wildman–Crippen MR) is 232 cm³/mol. The number of sulfonamides is 1. The van der Waals surface area contributed by atoms with E-state index in [1.165, 1.54) is 25.7 Å². The van der Waals surface area contributed by atoms with Gasteiger partial charge >= 0.3 is 0 Å².